The van der Waals surface area contributed by atoms with Crippen LogP contribution in [0.1, 0.15) is 60.7 Å². The van der Waals surface area contributed by atoms with E-state index < -0.39 is 29.7 Å². The van der Waals surface area contributed by atoms with Crippen LogP contribution in [0, 0.1) is 0 Å². The van der Waals surface area contributed by atoms with Crippen molar-refractivity contribution in [3.63, 3.8) is 0 Å². The van der Waals surface area contributed by atoms with Gasteiger partial charge in [0, 0.05) is 42.3 Å². The number of nitrogens with one attached hydrogen (secondary N) is 4. The number of imide groups is 1. The molecule has 2 heterocycles. The highest BCUT2D eigenvalue weighted by atomic mass is 35.5. The summed E-state index contributed by atoms with van der Waals surface area (Å²) in [5.41, 5.74) is 2.52. The maximum absolute atomic E-state index is 12.8. The van der Waals surface area contributed by atoms with Crippen LogP contribution in [-0.4, -0.2) is 46.4 Å². The first kappa shape index (κ1) is 27.9. The van der Waals surface area contributed by atoms with Crippen LogP contribution in [-0.2, 0) is 34.0 Å². The van der Waals surface area contributed by atoms with Gasteiger partial charge in [-0.05, 0) is 68.1 Å². The fourth-order valence-electron chi connectivity index (χ4n) is 4.41. The summed E-state index contributed by atoms with van der Waals surface area (Å²) in [5, 5.41) is 10.8. The number of halogens is 1. The number of carbonyl (C=O) groups excluding carboxylic acids is 5. The largest absolute Gasteiger partial charge is 0.444 e. The first-order valence-corrected chi connectivity index (χ1v) is 12.8. The summed E-state index contributed by atoms with van der Waals surface area (Å²) >= 11 is 6.19. The molecular weight excluding hydrogens is 526 g/mol. The molecule has 0 bridgehead atoms. The van der Waals surface area contributed by atoms with Crippen molar-refractivity contribution in [2.24, 2.45) is 0 Å². The topological polar surface area (TPSA) is 146 Å². The number of anilines is 1. The highest BCUT2D eigenvalue weighted by molar-refractivity contribution is 6.31. The van der Waals surface area contributed by atoms with Crippen molar-refractivity contribution in [2.45, 2.75) is 64.9 Å². The zero-order valence-electron chi connectivity index (χ0n) is 21.9. The number of ether oxygens (including phenoxy) is 1. The van der Waals surface area contributed by atoms with Crippen LogP contribution in [0.25, 0.3) is 0 Å². The van der Waals surface area contributed by atoms with E-state index in [0.717, 1.165) is 11.1 Å². The van der Waals surface area contributed by atoms with E-state index in [1.807, 2.05) is 6.07 Å². The molecule has 39 heavy (non-hydrogen) atoms. The van der Waals surface area contributed by atoms with Gasteiger partial charge in [0.15, 0.2) is 0 Å². The normalized spacial score (nSPS) is 16.9. The van der Waals surface area contributed by atoms with Crippen molar-refractivity contribution >= 4 is 47.1 Å². The molecule has 4 rings (SSSR count). The molecule has 0 aromatic heterocycles. The minimum Gasteiger partial charge on any atom is -0.444 e. The number of alkyl carbamates (subject to hydrolysis) is 1. The molecule has 0 radical (unpaired) electrons. The van der Waals surface area contributed by atoms with Gasteiger partial charge in [-0.1, -0.05) is 23.7 Å². The molecule has 206 valence electrons. The van der Waals surface area contributed by atoms with E-state index in [1.54, 1.807) is 51.1 Å². The van der Waals surface area contributed by atoms with Gasteiger partial charge in [-0.25, -0.2) is 9.59 Å². The molecule has 0 aliphatic carbocycles. The summed E-state index contributed by atoms with van der Waals surface area (Å²) in [7, 11) is 0. The lowest BCUT2D eigenvalue weighted by molar-refractivity contribution is -0.136. The summed E-state index contributed by atoms with van der Waals surface area (Å²) in [6, 6.07) is 9.03. The van der Waals surface area contributed by atoms with Gasteiger partial charge >= 0.3 is 12.1 Å². The number of rotatable bonds is 6. The molecule has 2 aromatic rings. The maximum atomic E-state index is 12.8. The highest BCUT2D eigenvalue weighted by Crippen LogP contribution is 2.28. The monoisotopic (exact) mass is 555 g/mol. The van der Waals surface area contributed by atoms with Crippen molar-refractivity contribution < 1.29 is 28.7 Å². The zero-order valence-corrected chi connectivity index (χ0v) is 22.6. The Morgan fingerprint density at radius 2 is 1.79 bits per heavy atom. The van der Waals surface area contributed by atoms with Gasteiger partial charge < -0.3 is 25.6 Å². The number of hydrogen-bond donors (Lipinski definition) is 4. The van der Waals surface area contributed by atoms with Crippen LogP contribution in [0.4, 0.5) is 15.3 Å². The molecule has 12 heteroatoms. The van der Waals surface area contributed by atoms with Crippen LogP contribution in [0.2, 0.25) is 5.02 Å². The lowest BCUT2D eigenvalue weighted by Crippen LogP contribution is -2.52. The average molecular weight is 556 g/mol. The summed E-state index contributed by atoms with van der Waals surface area (Å²) in [6.45, 7) is 5.92. The quantitative estimate of drug-likeness (QED) is 0.402. The second-order valence-electron chi connectivity index (χ2n) is 10.4. The first-order chi connectivity index (χ1) is 18.4. The molecule has 0 spiro atoms. The standard InChI is InChI=1S/C27H30ClN5O6/c1-27(2,3)39-26(38)30-13-16-9-18(28)11-19(10-16)31-25(37)29-12-15-4-5-20-17(8-15)14-33(24(20)36)21-6-7-22(34)32-23(21)35/h4-5,8-11,21H,6-7,12-14H2,1-3H3,(H,30,38)(H2,29,31,37)(H,32,34,35). The van der Waals surface area contributed by atoms with Gasteiger partial charge in [-0.3, -0.25) is 19.7 Å². The Morgan fingerprint density at radius 3 is 2.51 bits per heavy atom. The van der Waals surface area contributed by atoms with Crippen LogP contribution >= 0.6 is 11.6 Å². The Labute approximate surface area is 230 Å². The average Bonchev–Trinajstić information content (AvgIpc) is 3.15. The molecule has 4 N–H and O–H groups in total. The summed E-state index contributed by atoms with van der Waals surface area (Å²) in [6.07, 6.45) is -0.0813. The Bertz CT molecular complexity index is 1340. The number of carbonyl (C=O) groups is 5. The number of urea groups is 1. The predicted molar refractivity (Wildman–Crippen MR) is 143 cm³/mol. The number of benzene rings is 2. The fraction of sp³-hybridized carbons (Fsp3) is 0.370. The van der Waals surface area contributed by atoms with Crippen LogP contribution in [0.3, 0.4) is 0 Å². The maximum Gasteiger partial charge on any atom is 0.407 e. The number of nitrogens with zero attached hydrogens (tertiary/aromatic N) is 1. The molecule has 2 aliphatic rings. The number of hydrogen-bond acceptors (Lipinski definition) is 6. The fourth-order valence-corrected chi connectivity index (χ4v) is 4.67. The van der Waals surface area contributed by atoms with E-state index in [2.05, 4.69) is 21.3 Å². The molecule has 2 aliphatic heterocycles. The Hall–Kier alpha value is -4.12. The Kier molecular flexibility index (Phi) is 8.10. The molecule has 11 nitrogen and oxygen atoms in total. The number of fused-ring (bicyclic) bond motifs is 1. The lowest BCUT2D eigenvalue weighted by Gasteiger charge is -2.29. The Balaban J connectivity index is 1.32. The molecule has 1 atom stereocenters. The highest BCUT2D eigenvalue weighted by Gasteiger charge is 2.39. The molecular formula is C27H30ClN5O6. The lowest BCUT2D eigenvalue weighted by atomic mass is 10.0. The smallest absolute Gasteiger partial charge is 0.407 e. The molecule has 1 unspecified atom stereocenters. The third-order valence-electron chi connectivity index (χ3n) is 6.09. The molecule has 1 fully saturated rings. The second kappa shape index (κ2) is 11.3. The van der Waals surface area contributed by atoms with Gasteiger partial charge in [-0.2, -0.15) is 0 Å². The zero-order chi connectivity index (χ0) is 28.3. The first-order valence-electron chi connectivity index (χ1n) is 12.5. The van der Waals surface area contributed by atoms with Crippen LogP contribution < -0.4 is 21.3 Å². The van der Waals surface area contributed by atoms with Crippen molar-refractivity contribution in [3.05, 3.63) is 63.7 Å². The van der Waals surface area contributed by atoms with Gasteiger partial charge in [0.25, 0.3) is 5.91 Å². The van der Waals surface area contributed by atoms with E-state index in [0.29, 0.717) is 28.3 Å². The summed E-state index contributed by atoms with van der Waals surface area (Å²) in [4.78, 5) is 62.5. The third kappa shape index (κ3) is 7.26. The molecule has 6 amide bonds. The van der Waals surface area contributed by atoms with E-state index in [9.17, 15) is 24.0 Å². The SMILES string of the molecule is CC(C)(C)OC(=O)NCc1cc(Cl)cc(NC(=O)NCc2ccc3c(c2)CN(C2CCC(=O)NC2=O)C3=O)c1. The molecule has 2 aromatic carbocycles. The van der Waals surface area contributed by atoms with Gasteiger partial charge in [0.2, 0.25) is 11.8 Å². The van der Waals surface area contributed by atoms with Crippen molar-refractivity contribution in [1.29, 1.82) is 0 Å². The van der Waals surface area contributed by atoms with Crippen molar-refractivity contribution in [3.8, 4) is 0 Å². The van der Waals surface area contributed by atoms with Gasteiger partial charge in [0.05, 0.1) is 0 Å². The summed E-state index contributed by atoms with van der Waals surface area (Å²) in [5.74, 6) is -1.05. The summed E-state index contributed by atoms with van der Waals surface area (Å²) < 4.78 is 5.22. The Morgan fingerprint density at radius 1 is 1.05 bits per heavy atom. The minimum absolute atomic E-state index is 0.162. The number of amides is 6. The van der Waals surface area contributed by atoms with E-state index in [1.165, 1.54) is 4.90 Å². The van der Waals surface area contributed by atoms with E-state index >= 15 is 0 Å². The van der Waals surface area contributed by atoms with Crippen LogP contribution in [0.15, 0.2) is 36.4 Å². The molecule has 1 saturated heterocycles. The van der Waals surface area contributed by atoms with Crippen molar-refractivity contribution in [2.75, 3.05) is 5.32 Å². The van der Waals surface area contributed by atoms with Crippen molar-refractivity contribution in [1.82, 2.24) is 20.9 Å². The van der Waals surface area contributed by atoms with E-state index in [-0.39, 0.29) is 37.9 Å². The van der Waals surface area contributed by atoms with Crippen LogP contribution in [0.5, 0.6) is 0 Å². The third-order valence-corrected chi connectivity index (χ3v) is 6.31. The van der Waals surface area contributed by atoms with Gasteiger partial charge in [0.1, 0.15) is 11.6 Å². The molecule has 0 saturated carbocycles. The predicted octanol–water partition coefficient (Wildman–Crippen LogP) is 3.45. The second-order valence-corrected chi connectivity index (χ2v) is 10.8. The number of piperidine rings is 1. The minimum atomic E-state index is -0.683. The van der Waals surface area contributed by atoms with E-state index in [4.69, 9.17) is 16.3 Å². The van der Waals surface area contributed by atoms with Gasteiger partial charge in [-0.15, -0.1) is 0 Å².